The average Bonchev–Trinajstić information content (AvgIpc) is 3.16. The zero-order valence-corrected chi connectivity index (χ0v) is 16.6. The molecule has 1 saturated carbocycles. The highest BCUT2D eigenvalue weighted by Gasteiger charge is 2.50. The molecular weight excluding hydrogens is 366 g/mol. The maximum atomic E-state index is 5.58. The van der Waals surface area contributed by atoms with E-state index in [2.05, 4.69) is 51.9 Å². The van der Waals surface area contributed by atoms with E-state index in [1.165, 1.54) is 16.5 Å². The lowest BCUT2D eigenvalue weighted by molar-refractivity contribution is -0.176. The highest BCUT2D eigenvalue weighted by molar-refractivity contribution is 5.86. The first-order chi connectivity index (χ1) is 14.2. The molecule has 1 spiro atoms. The highest BCUT2D eigenvalue weighted by Crippen LogP contribution is 2.52. The Morgan fingerprint density at radius 2 is 2.14 bits per heavy atom. The smallest absolute Gasteiger partial charge is 0.105 e. The fraction of sp³-hybridized carbons (Fsp3) is 0.500. The fourth-order valence-corrected chi connectivity index (χ4v) is 4.90. The second-order valence-electron chi connectivity index (χ2n) is 8.84. The van der Waals surface area contributed by atoms with Crippen molar-refractivity contribution < 1.29 is 9.47 Å². The molecule has 3 aliphatic rings. The molecule has 4 heterocycles. The quantitative estimate of drug-likeness (QED) is 0.735. The van der Waals surface area contributed by atoms with Crippen LogP contribution < -0.4 is 5.32 Å². The van der Waals surface area contributed by atoms with Crippen molar-refractivity contribution in [3.8, 4) is 0 Å². The summed E-state index contributed by atoms with van der Waals surface area (Å²) in [5, 5.41) is 13.6. The van der Waals surface area contributed by atoms with E-state index in [-0.39, 0.29) is 6.04 Å². The lowest BCUT2D eigenvalue weighted by Crippen LogP contribution is -2.52. The third-order valence-electron chi connectivity index (χ3n) is 6.71. The number of ether oxygens (including phenoxy) is 2. The van der Waals surface area contributed by atoms with Crippen molar-refractivity contribution in [2.45, 2.75) is 44.9 Å². The third-order valence-corrected chi connectivity index (χ3v) is 6.71. The van der Waals surface area contributed by atoms with Gasteiger partial charge in [0.15, 0.2) is 0 Å². The molecule has 2 fully saturated rings. The number of nitrogens with zero attached hydrogens (tertiary/aromatic N) is 4. The van der Waals surface area contributed by atoms with Gasteiger partial charge in [-0.2, -0.15) is 0 Å². The number of hydrogen-bond donors (Lipinski definition) is 1. The maximum Gasteiger partial charge on any atom is 0.105 e. The number of aromatic nitrogens is 4. The number of anilines is 1. The number of nitrogens with one attached hydrogen (secondary N) is 1. The Bertz CT molecular complexity index is 1070. The van der Waals surface area contributed by atoms with E-state index in [4.69, 9.17) is 9.47 Å². The number of rotatable bonds is 4. The monoisotopic (exact) mass is 391 g/mol. The average molecular weight is 391 g/mol. The van der Waals surface area contributed by atoms with Gasteiger partial charge in [-0.25, -0.2) is 4.68 Å². The summed E-state index contributed by atoms with van der Waals surface area (Å²) in [5.74, 6) is 0. The number of fused-ring (bicyclic) bond motifs is 3. The predicted octanol–water partition coefficient (Wildman–Crippen LogP) is 3.42. The minimum absolute atomic E-state index is 0.0816. The molecule has 1 aliphatic carbocycles. The Morgan fingerprint density at radius 3 is 2.97 bits per heavy atom. The van der Waals surface area contributed by atoms with Crippen molar-refractivity contribution in [3.05, 3.63) is 47.4 Å². The summed E-state index contributed by atoms with van der Waals surface area (Å²) in [4.78, 5) is 4.59. The molecule has 0 amide bonds. The minimum atomic E-state index is 0.0816. The first kappa shape index (κ1) is 17.4. The Balaban J connectivity index is 1.20. The van der Waals surface area contributed by atoms with Crippen molar-refractivity contribution in [2.24, 2.45) is 5.41 Å². The summed E-state index contributed by atoms with van der Waals surface area (Å²) in [6, 6.07) is 6.94. The standard InChI is InChI=1S/C22H25N5O2/c1-14(21-10-27(26-25-21)17-7-22(8-17)12-29-13-22)24-16-2-3-20-19(6-16)18-4-5-28-11-15(18)9-23-20/h2-3,6,9-10,14,17,24H,4-5,7-8,11-13H2,1H3. The number of pyridine rings is 1. The molecule has 29 heavy (non-hydrogen) atoms. The number of benzene rings is 1. The van der Waals surface area contributed by atoms with Crippen LogP contribution in [0.1, 0.15) is 48.7 Å². The Kier molecular flexibility index (Phi) is 3.89. The Hall–Kier alpha value is -2.51. The zero-order valence-electron chi connectivity index (χ0n) is 16.6. The van der Waals surface area contributed by atoms with E-state index < -0.39 is 0 Å². The van der Waals surface area contributed by atoms with E-state index in [0.717, 1.165) is 56.0 Å². The molecule has 0 bridgehead atoms. The Morgan fingerprint density at radius 1 is 1.24 bits per heavy atom. The van der Waals surface area contributed by atoms with Crippen LogP contribution in [0, 0.1) is 5.41 Å². The first-order valence-electron chi connectivity index (χ1n) is 10.4. The van der Waals surface area contributed by atoms with E-state index in [1.54, 1.807) is 0 Å². The van der Waals surface area contributed by atoms with Gasteiger partial charge >= 0.3 is 0 Å². The zero-order chi connectivity index (χ0) is 19.4. The topological polar surface area (TPSA) is 74.1 Å². The maximum absolute atomic E-state index is 5.58. The molecule has 1 unspecified atom stereocenters. The fourth-order valence-electron chi connectivity index (χ4n) is 4.90. The van der Waals surface area contributed by atoms with Crippen LogP contribution in [0.3, 0.4) is 0 Å². The van der Waals surface area contributed by atoms with Crippen LogP contribution in [-0.2, 0) is 22.5 Å². The molecule has 6 rings (SSSR count). The second-order valence-corrected chi connectivity index (χ2v) is 8.84. The van der Waals surface area contributed by atoms with Gasteiger partial charge in [0.05, 0.1) is 50.2 Å². The van der Waals surface area contributed by atoms with Crippen molar-refractivity contribution in [1.29, 1.82) is 0 Å². The van der Waals surface area contributed by atoms with Gasteiger partial charge < -0.3 is 14.8 Å². The van der Waals surface area contributed by atoms with Gasteiger partial charge in [-0.3, -0.25) is 4.98 Å². The second kappa shape index (κ2) is 6.50. The molecule has 1 aromatic carbocycles. The van der Waals surface area contributed by atoms with Crippen LogP contribution in [0.5, 0.6) is 0 Å². The molecule has 7 nitrogen and oxygen atoms in total. The van der Waals surface area contributed by atoms with Gasteiger partial charge in [0.2, 0.25) is 0 Å². The van der Waals surface area contributed by atoms with Crippen LogP contribution >= 0.6 is 0 Å². The third kappa shape index (κ3) is 2.91. The normalized spacial score (nSPS) is 21.4. The molecule has 2 aromatic heterocycles. The molecule has 7 heteroatoms. The van der Waals surface area contributed by atoms with Gasteiger partial charge in [0, 0.05) is 22.7 Å². The van der Waals surface area contributed by atoms with Gasteiger partial charge in [-0.05, 0) is 55.5 Å². The van der Waals surface area contributed by atoms with E-state index in [1.807, 2.05) is 10.9 Å². The van der Waals surface area contributed by atoms with Gasteiger partial charge in [-0.1, -0.05) is 5.21 Å². The predicted molar refractivity (Wildman–Crippen MR) is 109 cm³/mol. The highest BCUT2D eigenvalue weighted by atomic mass is 16.5. The van der Waals surface area contributed by atoms with Crippen LogP contribution in [0.2, 0.25) is 0 Å². The van der Waals surface area contributed by atoms with Crippen LogP contribution in [0.25, 0.3) is 10.9 Å². The van der Waals surface area contributed by atoms with Crippen molar-refractivity contribution in [3.63, 3.8) is 0 Å². The van der Waals surface area contributed by atoms with Crippen molar-refractivity contribution in [1.82, 2.24) is 20.0 Å². The van der Waals surface area contributed by atoms with E-state index in [0.29, 0.717) is 18.1 Å². The molecule has 3 aromatic rings. The molecule has 150 valence electrons. The van der Waals surface area contributed by atoms with Gasteiger partial charge in [0.25, 0.3) is 0 Å². The largest absolute Gasteiger partial charge is 0.380 e. The van der Waals surface area contributed by atoms with Gasteiger partial charge in [-0.15, -0.1) is 5.10 Å². The van der Waals surface area contributed by atoms with E-state index in [9.17, 15) is 0 Å². The van der Waals surface area contributed by atoms with Crippen LogP contribution in [0.4, 0.5) is 5.69 Å². The van der Waals surface area contributed by atoms with Crippen LogP contribution in [-0.4, -0.2) is 39.8 Å². The molecular formula is C22H25N5O2. The van der Waals surface area contributed by atoms with Crippen molar-refractivity contribution in [2.75, 3.05) is 25.1 Å². The number of hydrogen-bond acceptors (Lipinski definition) is 6. The summed E-state index contributed by atoms with van der Waals surface area (Å²) in [6.07, 6.45) is 7.30. The first-order valence-corrected chi connectivity index (χ1v) is 10.4. The molecule has 2 aliphatic heterocycles. The Labute approximate surface area is 169 Å². The summed E-state index contributed by atoms with van der Waals surface area (Å²) >= 11 is 0. The lowest BCUT2D eigenvalue weighted by atomic mass is 9.64. The van der Waals surface area contributed by atoms with E-state index >= 15 is 0 Å². The van der Waals surface area contributed by atoms with Crippen molar-refractivity contribution >= 4 is 16.6 Å². The summed E-state index contributed by atoms with van der Waals surface area (Å²) < 4.78 is 13.0. The minimum Gasteiger partial charge on any atom is -0.380 e. The molecule has 1 N–H and O–H groups in total. The summed E-state index contributed by atoms with van der Waals surface area (Å²) in [5.41, 5.74) is 6.08. The summed E-state index contributed by atoms with van der Waals surface area (Å²) in [7, 11) is 0. The molecule has 1 atom stereocenters. The lowest BCUT2D eigenvalue weighted by Gasteiger charge is -2.52. The molecule has 0 radical (unpaired) electrons. The van der Waals surface area contributed by atoms with Crippen LogP contribution in [0.15, 0.2) is 30.6 Å². The van der Waals surface area contributed by atoms with Gasteiger partial charge in [0.1, 0.15) is 5.69 Å². The summed E-state index contributed by atoms with van der Waals surface area (Å²) in [6.45, 7) is 5.39. The SMILES string of the molecule is CC(Nc1ccc2ncc3c(c2c1)CCOC3)c1cn(C2CC3(COC3)C2)nn1. The molecule has 1 saturated heterocycles.